The maximum atomic E-state index is 13.4. The quantitative estimate of drug-likeness (QED) is 0.856. The van der Waals surface area contributed by atoms with E-state index in [9.17, 15) is 19.4 Å². The molecule has 0 saturated carbocycles. The number of phenolic OH excluding ortho intramolecular Hbond substituents is 1. The minimum atomic E-state index is -0.709. The van der Waals surface area contributed by atoms with Gasteiger partial charge >= 0.3 is 0 Å². The number of aliphatic hydroxyl groups is 1. The smallest absolute Gasteiger partial charge is 0.227 e. The average molecular weight is 336 g/mol. The second-order valence-electron chi connectivity index (χ2n) is 7.29. The van der Waals surface area contributed by atoms with Gasteiger partial charge in [0.05, 0.1) is 12.5 Å². The molecule has 2 heterocycles. The van der Waals surface area contributed by atoms with Crippen LogP contribution in [0.1, 0.15) is 24.8 Å². The molecule has 3 rings (SSSR count). The number of aromatic hydroxyl groups is 1. The van der Waals surface area contributed by atoms with Gasteiger partial charge in [-0.2, -0.15) is 0 Å². The normalized spacial score (nSPS) is 28.3. The first kappa shape index (κ1) is 17.2. The zero-order chi connectivity index (χ0) is 17.3. The van der Waals surface area contributed by atoms with E-state index in [1.165, 1.54) is 12.1 Å². The third-order valence-corrected chi connectivity index (χ3v) is 5.40. The van der Waals surface area contributed by atoms with Crippen LogP contribution in [0.15, 0.2) is 18.2 Å². The summed E-state index contributed by atoms with van der Waals surface area (Å²) in [5.74, 6) is -1.17. The van der Waals surface area contributed by atoms with E-state index < -0.39 is 11.6 Å². The van der Waals surface area contributed by atoms with Crippen molar-refractivity contribution in [1.29, 1.82) is 0 Å². The summed E-state index contributed by atoms with van der Waals surface area (Å²) < 4.78 is 13.4. The molecule has 1 aromatic carbocycles. The predicted octanol–water partition coefficient (Wildman–Crippen LogP) is 1.38. The van der Waals surface area contributed by atoms with E-state index in [1.807, 2.05) is 7.05 Å². The second-order valence-corrected chi connectivity index (χ2v) is 7.29. The van der Waals surface area contributed by atoms with Gasteiger partial charge < -0.3 is 20.0 Å². The van der Waals surface area contributed by atoms with Gasteiger partial charge in [-0.15, -0.1) is 0 Å². The van der Waals surface area contributed by atoms with Gasteiger partial charge in [0, 0.05) is 31.6 Å². The molecule has 0 aliphatic carbocycles. The molecule has 2 saturated heterocycles. The van der Waals surface area contributed by atoms with Crippen molar-refractivity contribution in [2.75, 3.05) is 33.2 Å². The number of amides is 1. The average Bonchev–Trinajstić information content (AvgIpc) is 2.55. The Morgan fingerprint density at radius 3 is 2.92 bits per heavy atom. The van der Waals surface area contributed by atoms with Crippen LogP contribution in [0.2, 0.25) is 0 Å². The number of halogens is 1. The first-order valence-corrected chi connectivity index (χ1v) is 8.51. The monoisotopic (exact) mass is 336 g/mol. The van der Waals surface area contributed by atoms with Gasteiger partial charge in [-0.1, -0.05) is 6.07 Å². The Morgan fingerprint density at radius 1 is 1.38 bits per heavy atom. The highest BCUT2D eigenvalue weighted by atomic mass is 19.1. The molecular weight excluding hydrogens is 311 g/mol. The number of hydrogen-bond donors (Lipinski definition) is 2. The molecule has 2 fully saturated rings. The SMILES string of the molecule is CN1CC[C@H](O)[C@@]2(CCCN(C(=O)Cc3ccc(O)c(F)c3)C2)C1. The van der Waals surface area contributed by atoms with Crippen molar-refractivity contribution in [3.8, 4) is 5.75 Å². The Labute approximate surface area is 141 Å². The van der Waals surface area contributed by atoms with Crippen molar-refractivity contribution < 1.29 is 19.4 Å². The van der Waals surface area contributed by atoms with E-state index in [2.05, 4.69) is 4.90 Å². The van der Waals surface area contributed by atoms with Crippen molar-refractivity contribution in [3.05, 3.63) is 29.6 Å². The van der Waals surface area contributed by atoms with Gasteiger partial charge in [-0.05, 0) is 44.0 Å². The van der Waals surface area contributed by atoms with Gasteiger partial charge in [0.15, 0.2) is 11.6 Å². The minimum absolute atomic E-state index is 0.0559. The number of carbonyl (C=O) groups is 1. The van der Waals surface area contributed by atoms with E-state index in [-0.39, 0.29) is 23.8 Å². The van der Waals surface area contributed by atoms with Gasteiger partial charge in [-0.25, -0.2) is 4.39 Å². The summed E-state index contributed by atoms with van der Waals surface area (Å²) in [6, 6.07) is 4.05. The number of phenols is 1. The summed E-state index contributed by atoms with van der Waals surface area (Å²) in [6.07, 6.45) is 2.27. The highest BCUT2D eigenvalue weighted by molar-refractivity contribution is 5.79. The Balaban J connectivity index is 1.69. The lowest BCUT2D eigenvalue weighted by atomic mass is 9.71. The molecule has 2 aliphatic heterocycles. The van der Waals surface area contributed by atoms with Crippen LogP contribution in [0.3, 0.4) is 0 Å². The van der Waals surface area contributed by atoms with Gasteiger partial charge in [0.25, 0.3) is 0 Å². The van der Waals surface area contributed by atoms with Crippen LogP contribution in [0, 0.1) is 11.2 Å². The number of rotatable bonds is 2. The number of hydrogen-bond acceptors (Lipinski definition) is 4. The number of likely N-dealkylation sites (tertiary alicyclic amines) is 2. The maximum absolute atomic E-state index is 13.4. The van der Waals surface area contributed by atoms with Crippen LogP contribution in [-0.4, -0.2) is 65.3 Å². The summed E-state index contributed by atoms with van der Waals surface area (Å²) in [7, 11) is 2.05. The van der Waals surface area contributed by atoms with E-state index in [0.717, 1.165) is 32.4 Å². The first-order chi connectivity index (χ1) is 11.4. The summed E-state index contributed by atoms with van der Waals surface area (Å²) in [4.78, 5) is 16.6. The number of nitrogens with zero attached hydrogens (tertiary/aromatic N) is 2. The molecule has 1 aromatic rings. The fraction of sp³-hybridized carbons (Fsp3) is 0.611. The standard InChI is InChI=1S/C18H25FN2O3/c1-20-8-5-16(23)18(11-20)6-2-7-21(12-18)17(24)10-13-3-4-15(22)14(19)9-13/h3-4,9,16,22-23H,2,5-8,10-12H2,1H3/t16-,18-/m0/s1. The van der Waals surface area contributed by atoms with Crippen LogP contribution < -0.4 is 0 Å². The van der Waals surface area contributed by atoms with Crippen LogP contribution in [0.25, 0.3) is 0 Å². The molecule has 5 nitrogen and oxygen atoms in total. The Bertz CT molecular complexity index is 624. The zero-order valence-electron chi connectivity index (χ0n) is 14.0. The summed E-state index contributed by atoms with van der Waals surface area (Å²) in [5, 5.41) is 19.8. The van der Waals surface area contributed by atoms with Crippen LogP contribution in [-0.2, 0) is 11.2 Å². The zero-order valence-corrected chi connectivity index (χ0v) is 14.0. The highest BCUT2D eigenvalue weighted by Crippen LogP contribution is 2.38. The molecule has 2 aliphatic rings. The van der Waals surface area contributed by atoms with E-state index >= 15 is 0 Å². The van der Waals surface area contributed by atoms with E-state index in [1.54, 1.807) is 11.0 Å². The molecule has 0 bridgehead atoms. The Morgan fingerprint density at radius 2 is 2.17 bits per heavy atom. The summed E-state index contributed by atoms with van der Waals surface area (Å²) in [6.45, 7) is 2.91. The highest BCUT2D eigenvalue weighted by Gasteiger charge is 2.45. The third-order valence-electron chi connectivity index (χ3n) is 5.40. The van der Waals surface area contributed by atoms with Gasteiger partial charge in [0.1, 0.15) is 0 Å². The second kappa shape index (κ2) is 6.69. The van der Waals surface area contributed by atoms with Crippen molar-refractivity contribution >= 4 is 5.91 Å². The Hall–Kier alpha value is -1.66. The molecule has 24 heavy (non-hydrogen) atoms. The Kier molecular flexibility index (Phi) is 4.78. The topological polar surface area (TPSA) is 64.0 Å². The van der Waals surface area contributed by atoms with Gasteiger partial charge in [0.2, 0.25) is 5.91 Å². The maximum Gasteiger partial charge on any atom is 0.227 e. The van der Waals surface area contributed by atoms with Crippen molar-refractivity contribution in [3.63, 3.8) is 0 Å². The number of piperidine rings is 2. The molecule has 6 heteroatoms. The summed E-state index contributed by atoms with van der Waals surface area (Å²) in [5.41, 5.74) is 0.303. The van der Waals surface area contributed by atoms with E-state index in [4.69, 9.17) is 0 Å². The molecule has 132 valence electrons. The van der Waals surface area contributed by atoms with Crippen LogP contribution in [0.5, 0.6) is 5.75 Å². The third kappa shape index (κ3) is 3.39. The summed E-state index contributed by atoms with van der Waals surface area (Å²) >= 11 is 0. The molecule has 0 aromatic heterocycles. The first-order valence-electron chi connectivity index (χ1n) is 8.51. The van der Waals surface area contributed by atoms with Crippen LogP contribution in [0.4, 0.5) is 4.39 Å². The molecule has 2 N–H and O–H groups in total. The molecule has 1 spiro atoms. The van der Waals surface area contributed by atoms with Crippen molar-refractivity contribution in [1.82, 2.24) is 9.80 Å². The van der Waals surface area contributed by atoms with Crippen molar-refractivity contribution in [2.45, 2.75) is 31.8 Å². The minimum Gasteiger partial charge on any atom is -0.505 e. The predicted molar refractivity (Wildman–Crippen MR) is 88.1 cm³/mol. The van der Waals surface area contributed by atoms with Crippen molar-refractivity contribution in [2.24, 2.45) is 5.41 Å². The fourth-order valence-corrected chi connectivity index (χ4v) is 4.09. The molecular formula is C18H25FN2O3. The number of carbonyl (C=O) groups excluding carboxylic acids is 1. The number of aliphatic hydroxyl groups excluding tert-OH is 1. The lowest BCUT2D eigenvalue weighted by molar-refractivity contribution is -0.140. The largest absolute Gasteiger partial charge is 0.505 e. The molecule has 1 amide bonds. The van der Waals surface area contributed by atoms with Crippen LogP contribution >= 0.6 is 0 Å². The lowest BCUT2D eigenvalue weighted by Crippen LogP contribution is -2.59. The molecule has 0 unspecified atom stereocenters. The lowest BCUT2D eigenvalue weighted by Gasteiger charge is -2.50. The molecule has 0 radical (unpaired) electrons. The van der Waals surface area contributed by atoms with Gasteiger partial charge in [-0.3, -0.25) is 4.79 Å². The number of benzene rings is 1. The fourth-order valence-electron chi connectivity index (χ4n) is 4.09. The molecule has 2 atom stereocenters. The van der Waals surface area contributed by atoms with E-state index in [0.29, 0.717) is 18.7 Å².